The van der Waals surface area contributed by atoms with Gasteiger partial charge in [0.25, 0.3) is 5.91 Å². The Morgan fingerprint density at radius 2 is 2.23 bits per heavy atom. The summed E-state index contributed by atoms with van der Waals surface area (Å²) in [6.45, 7) is 2.75. The molecule has 1 saturated carbocycles. The van der Waals surface area contributed by atoms with Crippen molar-refractivity contribution in [3.8, 4) is 0 Å². The molecule has 1 aliphatic carbocycles. The van der Waals surface area contributed by atoms with Crippen LogP contribution < -0.4 is 16.5 Å². The molecule has 5 N–H and O–H groups in total. The predicted octanol–water partition coefficient (Wildman–Crippen LogP) is 1.68. The molecular formula is C19H24N6O. The second-order valence-electron chi connectivity index (χ2n) is 6.99. The number of hydrazone groups is 1. The van der Waals surface area contributed by atoms with Gasteiger partial charge in [0.15, 0.2) is 0 Å². The minimum Gasteiger partial charge on any atom is -0.359 e. The second-order valence-corrected chi connectivity index (χ2v) is 6.99. The van der Waals surface area contributed by atoms with Gasteiger partial charge in [-0.05, 0) is 55.9 Å². The van der Waals surface area contributed by atoms with Gasteiger partial charge in [0.1, 0.15) is 5.92 Å². The Labute approximate surface area is 152 Å². The first-order chi connectivity index (χ1) is 12.7. The van der Waals surface area contributed by atoms with Gasteiger partial charge in [-0.3, -0.25) is 9.79 Å². The number of amides is 1. The predicted molar refractivity (Wildman–Crippen MR) is 103 cm³/mol. The second kappa shape index (κ2) is 6.92. The number of nitrogens with two attached hydrogens (primary N) is 1. The van der Waals surface area contributed by atoms with Crippen LogP contribution in [0.1, 0.15) is 47.7 Å². The van der Waals surface area contributed by atoms with E-state index in [4.69, 9.17) is 5.73 Å². The van der Waals surface area contributed by atoms with Crippen LogP contribution in [-0.4, -0.2) is 29.4 Å². The number of aliphatic imine (C=N–C) groups is 1. The van der Waals surface area contributed by atoms with Gasteiger partial charge in [0, 0.05) is 30.0 Å². The van der Waals surface area contributed by atoms with Crippen LogP contribution in [0.3, 0.4) is 0 Å². The van der Waals surface area contributed by atoms with E-state index in [2.05, 4.69) is 38.8 Å². The first kappa shape index (κ1) is 16.8. The highest BCUT2D eigenvalue weighted by Crippen LogP contribution is 2.41. The topological polar surface area (TPSA) is 108 Å². The maximum absolute atomic E-state index is 12.0. The van der Waals surface area contributed by atoms with E-state index in [1.54, 1.807) is 18.6 Å². The van der Waals surface area contributed by atoms with E-state index < -0.39 is 5.92 Å². The monoisotopic (exact) mass is 352 g/mol. The molecule has 7 nitrogen and oxygen atoms in total. The van der Waals surface area contributed by atoms with Gasteiger partial charge in [0.2, 0.25) is 0 Å². The number of aromatic amines is 1. The van der Waals surface area contributed by atoms with Crippen molar-refractivity contribution >= 4 is 23.9 Å². The van der Waals surface area contributed by atoms with Crippen LogP contribution in [0.4, 0.5) is 0 Å². The largest absolute Gasteiger partial charge is 0.359 e. The minimum absolute atomic E-state index is 0.155. The maximum atomic E-state index is 12.0. The van der Waals surface area contributed by atoms with E-state index >= 15 is 0 Å². The lowest BCUT2D eigenvalue weighted by Crippen LogP contribution is -2.32. The molecule has 2 aliphatic heterocycles. The van der Waals surface area contributed by atoms with Gasteiger partial charge in [-0.25, -0.2) is 5.43 Å². The number of rotatable bonds is 5. The van der Waals surface area contributed by atoms with Crippen LogP contribution in [0.25, 0.3) is 6.08 Å². The molecule has 1 aromatic heterocycles. The molecular weight excluding hydrogens is 328 g/mol. The maximum Gasteiger partial charge on any atom is 0.254 e. The Balaban J connectivity index is 1.74. The van der Waals surface area contributed by atoms with Crippen molar-refractivity contribution < 1.29 is 4.79 Å². The highest BCUT2D eigenvalue weighted by Gasteiger charge is 2.31. The number of carbonyl (C=O) groups excluding carboxylic acids is 1. The van der Waals surface area contributed by atoms with Crippen molar-refractivity contribution in [2.75, 3.05) is 6.54 Å². The molecule has 1 aromatic rings. The fourth-order valence-electron chi connectivity index (χ4n) is 3.86. The van der Waals surface area contributed by atoms with E-state index in [1.807, 2.05) is 0 Å². The quantitative estimate of drug-likeness (QED) is 0.647. The Kier molecular flexibility index (Phi) is 4.46. The Hall–Kier alpha value is -2.67. The van der Waals surface area contributed by atoms with Gasteiger partial charge in [-0.15, -0.1) is 0 Å². The first-order valence-corrected chi connectivity index (χ1v) is 9.14. The molecule has 0 radical (unpaired) electrons. The minimum atomic E-state index is -0.467. The van der Waals surface area contributed by atoms with Gasteiger partial charge < -0.3 is 16.0 Å². The standard InChI is InChI=1S/C19H24N6O/c1-11-13(5-6-20)17(12-3-2-4-12)15(24-11)9-16-18(22-8-7-21-16)14-10-23-25-19(14)26/h7-10,12,14,21,24H,2-6,20H2,1H3,(H,25,26). The van der Waals surface area contributed by atoms with E-state index in [0.29, 0.717) is 18.2 Å². The number of carbonyl (C=O) groups is 1. The molecule has 0 bridgehead atoms. The lowest BCUT2D eigenvalue weighted by Gasteiger charge is -2.27. The Morgan fingerprint density at radius 3 is 2.88 bits per heavy atom. The van der Waals surface area contributed by atoms with Gasteiger partial charge in [-0.1, -0.05) is 6.42 Å². The molecule has 1 atom stereocenters. The van der Waals surface area contributed by atoms with Gasteiger partial charge in [0.05, 0.1) is 11.4 Å². The van der Waals surface area contributed by atoms with Crippen molar-refractivity contribution in [1.29, 1.82) is 0 Å². The van der Waals surface area contributed by atoms with Crippen LogP contribution in [0.5, 0.6) is 0 Å². The molecule has 1 amide bonds. The van der Waals surface area contributed by atoms with Crippen LogP contribution in [0.15, 0.2) is 28.2 Å². The molecule has 26 heavy (non-hydrogen) atoms. The number of nitrogens with one attached hydrogen (secondary N) is 3. The highest BCUT2D eigenvalue weighted by molar-refractivity contribution is 6.24. The summed E-state index contributed by atoms with van der Waals surface area (Å²) in [6.07, 6.45) is 11.7. The van der Waals surface area contributed by atoms with E-state index in [9.17, 15) is 4.79 Å². The van der Waals surface area contributed by atoms with E-state index in [1.165, 1.54) is 36.1 Å². The SMILES string of the molecule is Cc1[nH]c(C=C2NC=CN=C2C2C=NNC2=O)c(C2CCC2)c1CCN. The van der Waals surface area contributed by atoms with Crippen molar-refractivity contribution in [3.05, 3.63) is 40.6 Å². The molecule has 4 rings (SSSR count). The molecule has 3 heterocycles. The van der Waals surface area contributed by atoms with Crippen molar-refractivity contribution in [1.82, 2.24) is 15.7 Å². The summed E-state index contributed by atoms with van der Waals surface area (Å²) >= 11 is 0. The average molecular weight is 352 g/mol. The molecule has 3 aliphatic rings. The molecule has 7 heteroatoms. The summed E-state index contributed by atoms with van der Waals surface area (Å²) in [5.74, 6) is -0.0351. The third-order valence-corrected chi connectivity index (χ3v) is 5.36. The molecule has 0 spiro atoms. The fraction of sp³-hybridized carbons (Fsp3) is 0.421. The van der Waals surface area contributed by atoms with Gasteiger partial charge in [-0.2, -0.15) is 5.10 Å². The van der Waals surface area contributed by atoms with Gasteiger partial charge >= 0.3 is 0 Å². The summed E-state index contributed by atoms with van der Waals surface area (Å²) in [7, 11) is 0. The smallest absolute Gasteiger partial charge is 0.254 e. The number of aryl methyl sites for hydroxylation is 1. The summed E-state index contributed by atoms with van der Waals surface area (Å²) in [5.41, 5.74) is 14.8. The van der Waals surface area contributed by atoms with Crippen molar-refractivity contribution in [2.45, 2.75) is 38.5 Å². The molecule has 136 valence electrons. The van der Waals surface area contributed by atoms with Crippen LogP contribution in [-0.2, 0) is 11.2 Å². The van der Waals surface area contributed by atoms with E-state index in [0.717, 1.165) is 17.8 Å². The number of allylic oxidation sites excluding steroid dienone is 1. The summed E-state index contributed by atoms with van der Waals surface area (Å²) in [5, 5.41) is 7.11. The highest BCUT2D eigenvalue weighted by atomic mass is 16.2. The number of H-pyrrole nitrogens is 1. The summed E-state index contributed by atoms with van der Waals surface area (Å²) in [6, 6.07) is 0. The molecule has 1 fully saturated rings. The lowest BCUT2D eigenvalue weighted by molar-refractivity contribution is -0.120. The van der Waals surface area contributed by atoms with Crippen LogP contribution in [0.2, 0.25) is 0 Å². The average Bonchev–Trinajstić information content (AvgIpc) is 3.13. The zero-order chi connectivity index (χ0) is 18.1. The Bertz CT molecular complexity index is 840. The Morgan fingerprint density at radius 1 is 1.38 bits per heavy atom. The van der Waals surface area contributed by atoms with Crippen molar-refractivity contribution in [2.24, 2.45) is 21.7 Å². The normalized spacial score (nSPS) is 23.8. The summed E-state index contributed by atoms with van der Waals surface area (Å²) in [4.78, 5) is 20.0. The number of hydrogen-bond donors (Lipinski definition) is 4. The molecule has 0 aromatic carbocycles. The molecule has 0 saturated heterocycles. The number of nitrogens with zero attached hydrogens (tertiary/aromatic N) is 2. The van der Waals surface area contributed by atoms with Crippen molar-refractivity contribution in [3.63, 3.8) is 0 Å². The van der Waals surface area contributed by atoms with Crippen LogP contribution in [0, 0.1) is 12.8 Å². The number of aromatic nitrogens is 1. The number of hydrogen-bond acceptors (Lipinski definition) is 5. The zero-order valence-electron chi connectivity index (χ0n) is 14.9. The lowest BCUT2D eigenvalue weighted by atomic mass is 9.77. The third-order valence-electron chi connectivity index (χ3n) is 5.36. The van der Waals surface area contributed by atoms with Crippen LogP contribution >= 0.6 is 0 Å². The third kappa shape index (κ3) is 2.88. The van der Waals surface area contributed by atoms with E-state index in [-0.39, 0.29) is 5.91 Å². The zero-order valence-corrected chi connectivity index (χ0v) is 14.9. The fourth-order valence-corrected chi connectivity index (χ4v) is 3.86. The first-order valence-electron chi connectivity index (χ1n) is 9.14. The molecule has 1 unspecified atom stereocenters. The summed E-state index contributed by atoms with van der Waals surface area (Å²) < 4.78 is 0.